The van der Waals surface area contributed by atoms with E-state index < -0.39 is 0 Å². The van der Waals surface area contributed by atoms with Crippen molar-refractivity contribution in [1.82, 2.24) is 0 Å². The molecule has 2 rings (SSSR count). The molecule has 0 nitrogen and oxygen atoms in total. The van der Waals surface area contributed by atoms with Crippen LogP contribution in [0.2, 0.25) is 0 Å². The van der Waals surface area contributed by atoms with Crippen LogP contribution in [0, 0.1) is 11.8 Å². The van der Waals surface area contributed by atoms with Gasteiger partial charge in [-0.15, -0.1) is 11.6 Å². The van der Waals surface area contributed by atoms with E-state index in [1.54, 1.807) is 5.57 Å². The van der Waals surface area contributed by atoms with Crippen molar-refractivity contribution in [1.29, 1.82) is 0 Å². The fourth-order valence-electron chi connectivity index (χ4n) is 2.84. The SMILES string of the molecule is CC1CC(C2CCCC2)=CC(Cl)C1. The Labute approximate surface area is 86.4 Å². The van der Waals surface area contributed by atoms with Crippen molar-refractivity contribution in [2.75, 3.05) is 0 Å². The van der Waals surface area contributed by atoms with E-state index in [-0.39, 0.29) is 0 Å². The molecule has 0 aromatic rings. The summed E-state index contributed by atoms with van der Waals surface area (Å²) in [6.07, 6.45) is 10.5. The standard InChI is InChI=1S/C12H19Cl/c1-9-6-11(8-12(13)7-9)10-4-2-3-5-10/h8-10,12H,2-7H2,1H3. The molecule has 0 heterocycles. The Kier molecular flexibility index (Phi) is 2.98. The minimum Gasteiger partial charge on any atom is -0.118 e. The fraction of sp³-hybridized carbons (Fsp3) is 0.833. The number of hydrogen-bond donors (Lipinski definition) is 0. The Bertz CT molecular complexity index is 201. The van der Waals surface area contributed by atoms with Crippen LogP contribution in [0.15, 0.2) is 11.6 Å². The van der Waals surface area contributed by atoms with E-state index in [1.807, 2.05) is 0 Å². The van der Waals surface area contributed by atoms with E-state index in [9.17, 15) is 0 Å². The predicted molar refractivity (Wildman–Crippen MR) is 58.1 cm³/mol. The van der Waals surface area contributed by atoms with Crippen LogP contribution in [0.25, 0.3) is 0 Å². The summed E-state index contributed by atoms with van der Waals surface area (Å²) in [6, 6.07) is 0. The molecular formula is C12H19Cl. The summed E-state index contributed by atoms with van der Waals surface area (Å²) < 4.78 is 0. The second kappa shape index (κ2) is 4.04. The lowest BCUT2D eigenvalue weighted by atomic mass is 9.83. The topological polar surface area (TPSA) is 0 Å². The van der Waals surface area contributed by atoms with Crippen LogP contribution >= 0.6 is 11.6 Å². The van der Waals surface area contributed by atoms with E-state index in [1.165, 1.54) is 38.5 Å². The average molecular weight is 199 g/mol. The molecule has 2 unspecified atom stereocenters. The Morgan fingerprint density at radius 3 is 2.62 bits per heavy atom. The molecule has 2 aliphatic rings. The van der Waals surface area contributed by atoms with Gasteiger partial charge in [0.25, 0.3) is 0 Å². The smallest absolute Gasteiger partial charge is 0.0521 e. The molecule has 1 heteroatoms. The molecule has 13 heavy (non-hydrogen) atoms. The van der Waals surface area contributed by atoms with Crippen LogP contribution in [0.4, 0.5) is 0 Å². The molecule has 0 saturated heterocycles. The van der Waals surface area contributed by atoms with Crippen molar-refractivity contribution in [3.8, 4) is 0 Å². The quantitative estimate of drug-likeness (QED) is 0.439. The largest absolute Gasteiger partial charge is 0.118 e. The van der Waals surface area contributed by atoms with E-state index in [0.29, 0.717) is 5.38 Å². The first kappa shape index (κ1) is 9.58. The molecule has 74 valence electrons. The Hall–Kier alpha value is 0.0300. The van der Waals surface area contributed by atoms with Gasteiger partial charge in [0.2, 0.25) is 0 Å². The van der Waals surface area contributed by atoms with Crippen molar-refractivity contribution < 1.29 is 0 Å². The Balaban J connectivity index is 2.04. The highest BCUT2D eigenvalue weighted by Gasteiger charge is 2.25. The molecule has 0 N–H and O–H groups in total. The minimum absolute atomic E-state index is 0.319. The minimum atomic E-state index is 0.319. The average Bonchev–Trinajstić information content (AvgIpc) is 2.53. The number of alkyl halides is 1. The number of allylic oxidation sites excluding steroid dienone is 2. The second-order valence-corrected chi connectivity index (χ2v) is 5.34. The lowest BCUT2D eigenvalue weighted by Crippen LogP contribution is -2.15. The monoisotopic (exact) mass is 198 g/mol. The Morgan fingerprint density at radius 2 is 2.00 bits per heavy atom. The molecule has 1 saturated carbocycles. The molecule has 0 aliphatic heterocycles. The molecule has 2 aliphatic carbocycles. The summed E-state index contributed by atoms with van der Waals surface area (Å²) in [7, 11) is 0. The molecule has 0 spiro atoms. The lowest BCUT2D eigenvalue weighted by Gasteiger charge is -2.26. The maximum Gasteiger partial charge on any atom is 0.0521 e. The third-order valence-corrected chi connectivity index (χ3v) is 3.79. The normalized spacial score (nSPS) is 36.3. The van der Waals surface area contributed by atoms with Crippen molar-refractivity contribution >= 4 is 11.6 Å². The third kappa shape index (κ3) is 2.28. The van der Waals surface area contributed by atoms with E-state index >= 15 is 0 Å². The molecular weight excluding hydrogens is 180 g/mol. The highest BCUT2D eigenvalue weighted by molar-refractivity contribution is 6.21. The summed E-state index contributed by atoms with van der Waals surface area (Å²) in [4.78, 5) is 0. The summed E-state index contributed by atoms with van der Waals surface area (Å²) in [5.74, 6) is 1.70. The molecule has 0 amide bonds. The van der Waals surface area contributed by atoms with E-state index in [0.717, 1.165) is 11.8 Å². The van der Waals surface area contributed by atoms with Crippen molar-refractivity contribution in [3.05, 3.63) is 11.6 Å². The van der Waals surface area contributed by atoms with E-state index in [4.69, 9.17) is 11.6 Å². The highest BCUT2D eigenvalue weighted by atomic mass is 35.5. The number of hydrogen-bond acceptors (Lipinski definition) is 0. The highest BCUT2D eigenvalue weighted by Crippen LogP contribution is 2.38. The van der Waals surface area contributed by atoms with Gasteiger partial charge in [-0.05, 0) is 37.5 Å². The summed E-state index contributed by atoms with van der Waals surface area (Å²) >= 11 is 6.21. The van der Waals surface area contributed by atoms with Gasteiger partial charge in [0, 0.05) is 0 Å². The van der Waals surface area contributed by atoms with Gasteiger partial charge in [0.05, 0.1) is 5.38 Å². The van der Waals surface area contributed by atoms with Gasteiger partial charge >= 0.3 is 0 Å². The fourth-order valence-corrected chi connectivity index (χ4v) is 3.30. The zero-order valence-electron chi connectivity index (χ0n) is 8.43. The molecule has 0 aromatic carbocycles. The van der Waals surface area contributed by atoms with Gasteiger partial charge < -0.3 is 0 Å². The number of halogens is 1. The summed E-state index contributed by atoms with van der Waals surface area (Å²) in [5, 5.41) is 0.319. The molecule has 0 radical (unpaired) electrons. The van der Waals surface area contributed by atoms with Crippen molar-refractivity contribution in [2.24, 2.45) is 11.8 Å². The Morgan fingerprint density at radius 1 is 1.31 bits per heavy atom. The summed E-state index contributed by atoms with van der Waals surface area (Å²) in [5.41, 5.74) is 1.68. The van der Waals surface area contributed by atoms with Gasteiger partial charge in [-0.3, -0.25) is 0 Å². The van der Waals surface area contributed by atoms with Crippen LogP contribution in [-0.4, -0.2) is 5.38 Å². The van der Waals surface area contributed by atoms with Gasteiger partial charge in [0.1, 0.15) is 0 Å². The zero-order chi connectivity index (χ0) is 9.26. The third-order valence-electron chi connectivity index (χ3n) is 3.49. The first-order valence-electron chi connectivity index (χ1n) is 5.60. The molecule has 0 bridgehead atoms. The van der Waals surface area contributed by atoms with Crippen LogP contribution in [-0.2, 0) is 0 Å². The van der Waals surface area contributed by atoms with Gasteiger partial charge in [0.15, 0.2) is 0 Å². The van der Waals surface area contributed by atoms with Crippen molar-refractivity contribution in [3.63, 3.8) is 0 Å². The van der Waals surface area contributed by atoms with Gasteiger partial charge in [-0.25, -0.2) is 0 Å². The maximum atomic E-state index is 6.21. The van der Waals surface area contributed by atoms with Crippen LogP contribution in [0.1, 0.15) is 45.4 Å². The zero-order valence-corrected chi connectivity index (χ0v) is 9.19. The second-order valence-electron chi connectivity index (χ2n) is 4.78. The lowest BCUT2D eigenvalue weighted by molar-refractivity contribution is 0.466. The summed E-state index contributed by atoms with van der Waals surface area (Å²) in [6.45, 7) is 2.33. The predicted octanol–water partition coefficient (Wildman–Crippen LogP) is 4.14. The van der Waals surface area contributed by atoms with E-state index in [2.05, 4.69) is 13.0 Å². The van der Waals surface area contributed by atoms with Crippen LogP contribution in [0.5, 0.6) is 0 Å². The first-order valence-corrected chi connectivity index (χ1v) is 6.04. The molecule has 2 atom stereocenters. The molecule has 0 aromatic heterocycles. The van der Waals surface area contributed by atoms with Gasteiger partial charge in [-0.1, -0.05) is 31.4 Å². The van der Waals surface area contributed by atoms with Crippen LogP contribution < -0.4 is 0 Å². The molecule has 1 fully saturated rings. The number of rotatable bonds is 1. The van der Waals surface area contributed by atoms with Crippen LogP contribution in [0.3, 0.4) is 0 Å². The van der Waals surface area contributed by atoms with Crippen molar-refractivity contribution in [2.45, 2.75) is 50.8 Å². The maximum absolute atomic E-state index is 6.21. The first-order chi connectivity index (χ1) is 6.25. The van der Waals surface area contributed by atoms with Gasteiger partial charge in [-0.2, -0.15) is 0 Å².